The van der Waals surface area contributed by atoms with Crippen molar-refractivity contribution in [1.82, 2.24) is 4.90 Å². The van der Waals surface area contributed by atoms with Gasteiger partial charge in [-0.1, -0.05) is 30.3 Å². The highest BCUT2D eigenvalue weighted by molar-refractivity contribution is 5.88. The largest absolute Gasteiger partial charge is 0.516 e. The van der Waals surface area contributed by atoms with Crippen molar-refractivity contribution in [2.75, 3.05) is 13.2 Å². The van der Waals surface area contributed by atoms with Gasteiger partial charge in [-0.3, -0.25) is 4.90 Å². The summed E-state index contributed by atoms with van der Waals surface area (Å²) in [6, 6.07) is 8.42. The van der Waals surface area contributed by atoms with E-state index in [1.807, 2.05) is 30.3 Å². The van der Waals surface area contributed by atoms with E-state index in [0.717, 1.165) is 5.56 Å². The summed E-state index contributed by atoms with van der Waals surface area (Å²) in [7, 11) is 0. The maximum absolute atomic E-state index is 12.1. The normalized spacial score (nSPS) is 16.7. The van der Waals surface area contributed by atoms with Gasteiger partial charge in [0.25, 0.3) is 0 Å². The number of likely N-dealkylation sites (tertiary alicyclic amines) is 1. The standard InChI is InChI=1S/C16H19NO6/c1-2-21-16(20)23-14(18)13-9-6-10-17(13)15(19)22-11-12-7-4-3-5-8-12/h3-5,7-8,13H,2,6,9-11H2,1H3/t13-/m1/s1. The molecule has 2 rings (SSSR count). The molecule has 1 amide bonds. The zero-order chi connectivity index (χ0) is 16.7. The zero-order valence-electron chi connectivity index (χ0n) is 12.9. The van der Waals surface area contributed by atoms with Crippen LogP contribution in [-0.2, 0) is 25.6 Å². The molecule has 0 bridgehead atoms. The molecule has 7 nitrogen and oxygen atoms in total. The number of rotatable bonds is 4. The first-order chi connectivity index (χ1) is 11.1. The van der Waals surface area contributed by atoms with E-state index in [1.165, 1.54) is 4.90 Å². The van der Waals surface area contributed by atoms with Crippen molar-refractivity contribution in [3.05, 3.63) is 35.9 Å². The number of benzene rings is 1. The Bertz CT molecular complexity index is 559. The Labute approximate surface area is 134 Å². The minimum absolute atomic E-state index is 0.111. The third kappa shape index (κ3) is 4.70. The first kappa shape index (κ1) is 16.8. The second kappa shape index (κ2) is 8.17. The topological polar surface area (TPSA) is 82.1 Å². The van der Waals surface area contributed by atoms with Gasteiger partial charge in [-0.2, -0.15) is 0 Å². The fraction of sp³-hybridized carbons (Fsp3) is 0.438. The van der Waals surface area contributed by atoms with Crippen LogP contribution in [0.4, 0.5) is 9.59 Å². The summed E-state index contributed by atoms with van der Waals surface area (Å²) in [5.41, 5.74) is 0.852. The van der Waals surface area contributed by atoms with Crippen molar-refractivity contribution in [1.29, 1.82) is 0 Å². The van der Waals surface area contributed by atoms with Crippen LogP contribution < -0.4 is 0 Å². The van der Waals surface area contributed by atoms with Gasteiger partial charge in [0.15, 0.2) is 0 Å². The number of carbonyl (C=O) groups is 3. The first-order valence-corrected chi connectivity index (χ1v) is 7.47. The van der Waals surface area contributed by atoms with Gasteiger partial charge in [0, 0.05) is 6.54 Å². The van der Waals surface area contributed by atoms with E-state index in [2.05, 4.69) is 9.47 Å². The number of hydrogen-bond acceptors (Lipinski definition) is 6. The molecule has 1 aromatic carbocycles. The molecule has 0 radical (unpaired) electrons. The molecule has 1 aromatic rings. The Morgan fingerprint density at radius 1 is 1.17 bits per heavy atom. The lowest BCUT2D eigenvalue weighted by atomic mass is 10.2. The molecule has 1 aliphatic rings. The predicted octanol–water partition coefficient (Wildman–Crippen LogP) is 2.49. The quantitative estimate of drug-likeness (QED) is 0.626. The number of hydrogen-bond donors (Lipinski definition) is 0. The SMILES string of the molecule is CCOC(=O)OC(=O)[C@H]1CCCN1C(=O)OCc1ccccc1. The maximum atomic E-state index is 12.1. The highest BCUT2D eigenvalue weighted by Gasteiger charge is 2.37. The number of amides is 1. The molecule has 124 valence electrons. The molecular formula is C16H19NO6. The molecule has 1 saturated heterocycles. The van der Waals surface area contributed by atoms with Crippen LogP contribution in [0.15, 0.2) is 30.3 Å². The number of carbonyl (C=O) groups excluding carboxylic acids is 3. The minimum Gasteiger partial charge on any atom is -0.445 e. The molecule has 0 aliphatic carbocycles. The van der Waals surface area contributed by atoms with Crippen molar-refractivity contribution < 1.29 is 28.6 Å². The van der Waals surface area contributed by atoms with Gasteiger partial charge < -0.3 is 14.2 Å². The van der Waals surface area contributed by atoms with Gasteiger partial charge in [-0.15, -0.1) is 0 Å². The van der Waals surface area contributed by atoms with Gasteiger partial charge >= 0.3 is 18.2 Å². The van der Waals surface area contributed by atoms with Gasteiger partial charge in [0.1, 0.15) is 12.6 Å². The van der Waals surface area contributed by atoms with Gasteiger partial charge in [-0.05, 0) is 25.3 Å². The van der Waals surface area contributed by atoms with Crippen molar-refractivity contribution in [2.24, 2.45) is 0 Å². The Balaban J connectivity index is 1.88. The summed E-state index contributed by atoms with van der Waals surface area (Å²) >= 11 is 0. The molecule has 7 heteroatoms. The van der Waals surface area contributed by atoms with Crippen molar-refractivity contribution >= 4 is 18.2 Å². The number of ether oxygens (including phenoxy) is 3. The first-order valence-electron chi connectivity index (χ1n) is 7.47. The van der Waals surface area contributed by atoms with Crippen molar-refractivity contribution in [3.63, 3.8) is 0 Å². The highest BCUT2D eigenvalue weighted by atomic mass is 16.7. The maximum Gasteiger partial charge on any atom is 0.516 e. The molecule has 23 heavy (non-hydrogen) atoms. The van der Waals surface area contributed by atoms with Crippen LogP contribution in [0, 0.1) is 0 Å². The lowest BCUT2D eigenvalue weighted by Gasteiger charge is -2.22. The summed E-state index contributed by atoms with van der Waals surface area (Å²) in [5.74, 6) is -0.794. The smallest absolute Gasteiger partial charge is 0.445 e. The van der Waals surface area contributed by atoms with Crippen LogP contribution in [-0.4, -0.2) is 42.3 Å². The van der Waals surface area contributed by atoms with Crippen LogP contribution in [0.3, 0.4) is 0 Å². The summed E-state index contributed by atoms with van der Waals surface area (Å²) < 4.78 is 14.3. The Hall–Kier alpha value is -2.57. The monoisotopic (exact) mass is 321 g/mol. The summed E-state index contributed by atoms with van der Waals surface area (Å²) in [5, 5.41) is 0. The van der Waals surface area contributed by atoms with E-state index < -0.39 is 24.3 Å². The van der Waals surface area contributed by atoms with Crippen LogP contribution in [0.1, 0.15) is 25.3 Å². The summed E-state index contributed by atoms with van der Waals surface area (Å²) in [6.07, 6.45) is -0.582. The van der Waals surface area contributed by atoms with Gasteiger partial charge in [-0.25, -0.2) is 14.4 Å². The average molecular weight is 321 g/mol. The molecule has 0 N–H and O–H groups in total. The molecule has 0 saturated carbocycles. The lowest BCUT2D eigenvalue weighted by Crippen LogP contribution is -2.42. The van der Waals surface area contributed by atoms with Crippen molar-refractivity contribution in [3.8, 4) is 0 Å². The average Bonchev–Trinajstić information content (AvgIpc) is 3.03. The van der Waals surface area contributed by atoms with Crippen LogP contribution in [0.5, 0.6) is 0 Å². The van der Waals surface area contributed by atoms with Crippen LogP contribution >= 0.6 is 0 Å². The van der Waals surface area contributed by atoms with E-state index in [-0.39, 0.29) is 13.2 Å². The molecule has 1 fully saturated rings. The van der Waals surface area contributed by atoms with Crippen LogP contribution in [0.2, 0.25) is 0 Å². The molecule has 0 unspecified atom stereocenters. The van der Waals surface area contributed by atoms with E-state index >= 15 is 0 Å². The van der Waals surface area contributed by atoms with E-state index in [0.29, 0.717) is 19.4 Å². The Morgan fingerprint density at radius 3 is 2.61 bits per heavy atom. The van der Waals surface area contributed by atoms with E-state index in [1.54, 1.807) is 6.92 Å². The summed E-state index contributed by atoms with van der Waals surface area (Å²) in [6.45, 7) is 2.22. The lowest BCUT2D eigenvalue weighted by molar-refractivity contribution is -0.144. The Kier molecular flexibility index (Phi) is 5.96. The summed E-state index contributed by atoms with van der Waals surface area (Å²) in [4.78, 5) is 36.6. The molecule has 1 heterocycles. The molecule has 1 aliphatic heterocycles. The third-order valence-corrected chi connectivity index (χ3v) is 3.41. The van der Waals surface area contributed by atoms with Crippen molar-refractivity contribution in [2.45, 2.75) is 32.4 Å². The molecule has 0 aromatic heterocycles. The van der Waals surface area contributed by atoms with Crippen LogP contribution in [0.25, 0.3) is 0 Å². The zero-order valence-corrected chi connectivity index (χ0v) is 12.9. The highest BCUT2D eigenvalue weighted by Crippen LogP contribution is 2.20. The van der Waals surface area contributed by atoms with Gasteiger partial charge in [0.2, 0.25) is 0 Å². The third-order valence-electron chi connectivity index (χ3n) is 3.41. The second-order valence-corrected chi connectivity index (χ2v) is 5.00. The van der Waals surface area contributed by atoms with E-state index in [9.17, 15) is 14.4 Å². The molecular weight excluding hydrogens is 302 g/mol. The molecule has 1 atom stereocenters. The van der Waals surface area contributed by atoms with E-state index in [4.69, 9.17) is 4.74 Å². The predicted molar refractivity (Wildman–Crippen MR) is 79.5 cm³/mol. The molecule has 0 spiro atoms. The minimum atomic E-state index is -1.05. The van der Waals surface area contributed by atoms with Gasteiger partial charge in [0.05, 0.1) is 6.61 Å². The number of esters is 1. The fourth-order valence-electron chi connectivity index (χ4n) is 2.33. The second-order valence-electron chi connectivity index (χ2n) is 5.00. The fourth-order valence-corrected chi connectivity index (χ4v) is 2.33. The Morgan fingerprint density at radius 2 is 1.91 bits per heavy atom. The number of nitrogens with zero attached hydrogens (tertiary/aromatic N) is 1.